The maximum Gasteiger partial charge on any atom is 0.107 e. The number of nitrogens with zero attached hydrogens (tertiary/aromatic N) is 2. The number of likely N-dealkylation sites (tertiary alicyclic amines) is 1. The van der Waals surface area contributed by atoms with Crippen LogP contribution in [0.5, 0.6) is 0 Å². The van der Waals surface area contributed by atoms with E-state index < -0.39 is 0 Å². The second-order valence-corrected chi connectivity index (χ2v) is 6.82. The standard InChI is InChI=1S/C13H23N3S.2ClH/c1-13(2,3)11-9-17-12(15-11)8-16-6-4-5-10(16)7-14;;/h9-10H,4-8,14H2,1-3H3;2*1H. The molecule has 0 spiro atoms. The van der Waals surface area contributed by atoms with Crippen LogP contribution in [-0.4, -0.2) is 29.0 Å². The van der Waals surface area contributed by atoms with Crippen LogP contribution in [-0.2, 0) is 12.0 Å². The van der Waals surface area contributed by atoms with Crippen LogP contribution in [0.1, 0.15) is 44.3 Å². The van der Waals surface area contributed by atoms with E-state index in [0.717, 1.165) is 13.1 Å². The molecule has 0 amide bonds. The Labute approximate surface area is 132 Å². The van der Waals surface area contributed by atoms with Crippen LogP contribution < -0.4 is 5.73 Å². The van der Waals surface area contributed by atoms with E-state index in [9.17, 15) is 0 Å². The average Bonchev–Trinajstić information content (AvgIpc) is 2.86. The van der Waals surface area contributed by atoms with Crippen LogP contribution in [0.25, 0.3) is 0 Å². The van der Waals surface area contributed by atoms with Crippen molar-refractivity contribution >= 4 is 36.2 Å². The molecule has 2 rings (SSSR count). The molecule has 112 valence electrons. The Balaban J connectivity index is 0.00000162. The number of rotatable bonds is 3. The van der Waals surface area contributed by atoms with Crippen molar-refractivity contribution in [2.75, 3.05) is 13.1 Å². The van der Waals surface area contributed by atoms with Crippen LogP contribution in [0, 0.1) is 0 Å². The van der Waals surface area contributed by atoms with E-state index in [1.807, 2.05) is 0 Å². The lowest BCUT2D eigenvalue weighted by Crippen LogP contribution is -2.34. The fourth-order valence-electron chi connectivity index (χ4n) is 2.27. The molecule has 1 aliphatic heterocycles. The van der Waals surface area contributed by atoms with Crippen LogP contribution in [0.2, 0.25) is 0 Å². The zero-order valence-electron chi connectivity index (χ0n) is 11.9. The van der Waals surface area contributed by atoms with Gasteiger partial charge in [0.2, 0.25) is 0 Å². The monoisotopic (exact) mass is 325 g/mol. The topological polar surface area (TPSA) is 42.1 Å². The lowest BCUT2D eigenvalue weighted by atomic mass is 9.93. The molecule has 3 nitrogen and oxygen atoms in total. The highest BCUT2D eigenvalue weighted by atomic mass is 35.5. The summed E-state index contributed by atoms with van der Waals surface area (Å²) in [6, 6.07) is 0.567. The third-order valence-electron chi connectivity index (χ3n) is 3.43. The molecular weight excluding hydrogens is 301 g/mol. The van der Waals surface area contributed by atoms with E-state index >= 15 is 0 Å². The Bertz CT molecular complexity index is 376. The summed E-state index contributed by atoms with van der Waals surface area (Å²) < 4.78 is 0. The van der Waals surface area contributed by atoms with Crippen molar-refractivity contribution in [3.05, 3.63) is 16.1 Å². The summed E-state index contributed by atoms with van der Waals surface area (Å²) in [6.07, 6.45) is 2.52. The first-order chi connectivity index (χ1) is 8.00. The van der Waals surface area contributed by atoms with Crippen molar-refractivity contribution in [2.45, 2.75) is 51.6 Å². The molecule has 1 fully saturated rings. The molecule has 2 N–H and O–H groups in total. The molecule has 6 heteroatoms. The molecule has 1 saturated heterocycles. The van der Waals surface area contributed by atoms with Gasteiger partial charge in [-0.1, -0.05) is 20.8 Å². The first kappa shape index (κ1) is 19.1. The summed E-state index contributed by atoms with van der Waals surface area (Å²) in [5, 5.41) is 3.43. The highest BCUT2D eigenvalue weighted by molar-refractivity contribution is 7.09. The lowest BCUT2D eigenvalue weighted by molar-refractivity contribution is 0.249. The van der Waals surface area contributed by atoms with Crippen LogP contribution >= 0.6 is 36.2 Å². The van der Waals surface area contributed by atoms with Gasteiger partial charge in [0.1, 0.15) is 5.01 Å². The Morgan fingerprint density at radius 3 is 2.63 bits per heavy atom. The molecule has 0 radical (unpaired) electrons. The molecule has 1 atom stereocenters. The van der Waals surface area contributed by atoms with E-state index in [1.165, 1.54) is 30.1 Å². The van der Waals surface area contributed by atoms with Crippen molar-refractivity contribution in [3.8, 4) is 0 Å². The molecular formula is C13H25Cl2N3S. The number of nitrogens with two attached hydrogens (primary N) is 1. The Morgan fingerprint density at radius 1 is 1.42 bits per heavy atom. The van der Waals surface area contributed by atoms with Gasteiger partial charge in [0.25, 0.3) is 0 Å². The summed E-state index contributed by atoms with van der Waals surface area (Å²) in [7, 11) is 0. The summed E-state index contributed by atoms with van der Waals surface area (Å²) in [4.78, 5) is 7.23. The molecule has 2 heterocycles. The number of hydrogen-bond acceptors (Lipinski definition) is 4. The summed E-state index contributed by atoms with van der Waals surface area (Å²) >= 11 is 1.78. The van der Waals surface area contributed by atoms with Gasteiger partial charge in [0.05, 0.1) is 12.2 Å². The first-order valence-corrected chi connectivity index (χ1v) is 7.27. The van der Waals surface area contributed by atoms with Crippen molar-refractivity contribution < 1.29 is 0 Å². The second kappa shape index (κ2) is 7.79. The van der Waals surface area contributed by atoms with E-state index in [4.69, 9.17) is 10.7 Å². The second-order valence-electron chi connectivity index (χ2n) is 5.88. The van der Waals surface area contributed by atoms with E-state index in [1.54, 1.807) is 11.3 Å². The molecule has 19 heavy (non-hydrogen) atoms. The lowest BCUT2D eigenvalue weighted by Gasteiger charge is -2.21. The largest absolute Gasteiger partial charge is 0.329 e. The molecule has 1 unspecified atom stereocenters. The van der Waals surface area contributed by atoms with Gasteiger partial charge in [0, 0.05) is 23.4 Å². The van der Waals surface area contributed by atoms with Crippen molar-refractivity contribution in [1.82, 2.24) is 9.88 Å². The third-order valence-corrected chi connectivity index (χ3v) is 4.26. The average molecular weight is 326 g/mol. The van der Waals surface area contributed by atoms with Gasteiger partial charge in [0.15, 0.2) is 0 Å². The van der Waals surface area contributed by atoms with Gasteiger partial charge < -0.3 is 5.73 Å². The number of thiazole rings is 1. The Morgan fingerprint density at radius 2 is 2.11 bits per heavy atom. The Hall–Kier alpha value is 0.130. The van der Waals surface area contributed by atoms with Crippen LogP contribution in [0.15, 0.2) is 5.38 Å². The van der Waals surface area contributed by atoms with Gasteiger partial charge in [-0.25, -0.2) is 4.98 Å². The maximum atomic E-state index is 5.79. The van der Waals surface area contributed by atoms with Gasteiger partial charge in [-0.15, -0.1) is 36.2 Å². The smallest absolute Gasteiger partial charge is 0.107 e. The van der Waals surface area contributed by atoms with Gasteiger partial charge >= 0.3 is 0 Å². The van der Waals surface area contributed by atoms with Crippen molar-refractivity contribution in [1.29, 1.82) is 0 Å². The number of halogens is 2. The van der Waals surface area contributed by atoms with Crippen LogP contribution in [0.4, 0.5) is 0 Å². The minimum atomic E-state index is 0. The predicted molar refractivity (Wildman–Crippen MR) is 87.8 cm³/mol. The van der Waals surface area contributed by atoms with E-state index in [0.29, 0.717) is 6.04 Å². The predicted octanol–water partition coefficient (Wildman–Crippen LogP) is 3.21. The summed E-state index contributed by atoms with van der Waals surface area (Å²) in [6.45, 7) is 9.56. The molecule has 0 saturated carbocycles. The summed E-state index contributed by atoms with van der Waals surface area (Å²) in [5.74, 6) is 0. The molecule has 0 bridgehead atoms. The zero-order chi connectivity index (χ0) is 12.5. The van der Waals surface area contributed by atoms with Crippen molar-refractivity contribution in [3.63, 3.8) is 0 Å². The number of aromatic nitrogens is 1. The first-order valence-electron chi connectivity index (χ1n) is 6.39. The highest BCUT2D eigenvalue weighted by Crippen LogP contribution is 2.26. The van der Waals surface area contributed by atoms with Crippen LogP contribution in [0.3, 0.4) is 0 Å². The SMILES string of the molecule is CC(C)(C)c1csc(CN2CCCC2CN)n1.Cl.Cl. The van der Waals surface area contributed by atoms with E-state index in [2.05, 4.69) is 31.1 Å². The minimum absolute atomic E-state index is 0. The quantitative estimate of drug-likeness (QED) is 0.927. The Kier molecular flexibility index (Phi) is 7.85. The molecule has 0 aliphatic carbocycles. The van der Waals surface area contributed by atoms with Crippen molar-refractivity contribution in [2.24, 2.45) is 5.73 Å². The normalized spacial score (nSPS) is 19.9. The maximum absolute atomic E-state index is 5.79. The molecule has 1 aromatic heterocycles. The van der Waals surface area contributed by atoms with Gasteiger partial charge in [-0.05, 0) is 19.4 Å². The fraction of sp³-hybridized carbons (Fsp3) is 0.769. The fourth-order valence-corrected chi connectivity index (χ4v) is 3.32. The zero-order valence-corrected chi connectivity index (χ0v) is 14.3. The van der Waals surface area contributed by atoms with E-state index in [-0.39, 0.29) is 30.2 Å². The minimum Gasteiger partial charge on any atom is -0.329 e. The number of hydrogen-bond donors (Lipinski definition) is 1. The van der Waals surface area contributed by atoms with Gasteiger partial charge in [-0.2, -0.15) is 0 Å². The van der Waals surface area contributed by atoms with Gasteiger partial charge in [-0.3, -0.25) is 4.90 Å². The molecule has 1 aromatic rings. The molecule has 1 aliphatic rings. The summed E-state index contributed by atoms with van der Waals surface area (Å²) in [5.41, 5.74) is 7.16. The molecule has 0 aromatic carbocycles. The highest BCUT2D eigenvalue weighted by Gasteiger charge is 2.24. The third kappa shape index (κ3) is 4.87.